The molecular weight excluding hydrogens is 718 g/mol. The molecule has 3 N–H and O–H groups in total. The van der Waals surface area contributed by atoms with E-state index in [4.69, 9.17) is 9.47 Å². The summed E-state index contributed by atoms with van der Waals surface area (Å²) in [4.78, 5) is 86.4. The second-order valence-electron chi connectivity index (χ2n) is 14.4. The number of methoxy groups -OCH3 is 1. The molecule has 1 saturated carbocycles. The number of carbonyl (C=O) groups is 6. The van der Waals surface area contributed by atoms with Crippen LogP contribution < -0.4 is 30.3 Å². The molecule has 3 aliphatic heterocycles. The number of aliphatic imine (C=N–C) groups is 1. The molecular formula is C41H45N7O8. The third kappa shape index (κ3) is 8.13. The molecule has 15 heteroatoms. The Morgan fingerprint density at radius 2 is 1.71 bits per heavy atom. The first-order valence-corrected chi connectivity index (χ1v) is 18.8. The van der Waals surface area contributed by atoms with Crippen LogP contribution in [0, 0.1) is 0 Å². The fourth-order valence-electron chi connectivity index (χ4n) is 7.51. The number of anilines is 1. The standard InChI is InChI=1S/C41H45N7O8/c1-42-38(52)36(45-40(54)41(14-15-41)28-6-9-30(55-2)10-7-28)26-4-3-5-31(23-26)56-21-16-43-35(50)25-46-17-19-47(20-18-46)29-8-11-32-27(22-29)24-48(39(32)53)33-12-13-34(49)44-37(33)51/h3-11,22-23,33H,12-21,24-25H2,1-2H3,(H,42,52)(H,43,50)(H,44,49,51)/t33-/m0/s1. The van der Waals surface area contributed by atoms with Crippen molar-refractivity contribution in [2.45, 2.75) is 43.7 Å². The van der Waals surface area contributed by atoms with Crippen LogP contribution in [0.4, 0.5) is 5.69 Å². The Hall–Kier alpha value is -6.09. The van der Waals surface area contributed by atoms with Gasteiger partial charge in [0.15, 0.2) is 0 Å². The lowest BCUT2D eigenvalue weighted by Gasteiger charge is -2.35. The highest BCUT2D eigenvalue weighted by Crippen LogP contribution is 2.49. The smallest absolute Gasteiger partial charge is 0.270 e. The normalized spacial score (nSPS) is 19.2. The molecule has 1 aliphatic carbocycles. The first-order valence-electron chi connectivity index (χ1n) is 18.8. The van der Waals surface area contributed by atoms with E-state index in [9.17, 15) is 28.8 Å². The molecule has 2 saturated heterocycles. The molecule has 0 aromatic heterocycles. The molecule has 1 atom stereocenters. The molecule has 7 rings (SSSR count). The van der Waals surface area contributed by atoms with Crippen molar-refractivity contribution in [1.29, 1.82) is 0 Å². The van der Waals surface area contributed by atoms with Gasteiger partial charge < -0.3 is 29.9 Å². The summed E-state index contributed by atoms with van der Waals surface area (Å²) in [5, 5.41) is 7.82. The van der Waals surface area contributed by atoms with Crippen LogP contribution in [-0.4, -0.2) is 117 Å². The summed E-state index contributed by atoms with van der Waals surface area (Å²) in [5.74, 6) is -0.775. The molecule has 0 spiro atoms. The summed E-state index contributed by atoms with van der Waals surface area (Å²) in [6.07, 6.45) is 1.82. The van der Waals surface area contributed by atoms with Gasteiger partial charge in [0.2, 0.25) is 17.7 Å². The number of nitrogens with one attached hydrogen (secondary N) is 3. The van der Waals surface area contributed by atoms with Crippen molar-refractivity contribution in [3.63, 3.8) is 0 Å². The number of ether oxygens (including phenoxy) is 2. The van der Waals surface area contributed by atoms with Gasteiger partial charge in [0.1, 0.15) is 29.9 Å². The molecule has 3 aromatic carbocycles. The van der Waals surface area contributed by atoms with Crippen LogP contribution in [0.2, 0.25) is 0 Å². The average Bonchev–Trinajstić information content (AvgIpc) is 3.97. The first-order chi connectivity index (χ1) is 27.1. The van der Waals surface area contributed by atoms with Crippen molar-refractivity contribution in [2.75, 3.05) is 64.9 Å². The number of piperidine rings is 1. The van der Waals surface area contributed by atoms with E-state index in [2.05, 4.69) is 30.7 Å². The Morgan fingerprint density at radius 3 is 2.41 bits per heavy atom. The van der Waals surface area contributed by atoms with Gasteiger partial charge in [0.25, 0.3) is 17.7 Å². The van der Waals surface area contributed by atoms with E-state index in [0.29, 0.717) is 74.6 Å². The molecule has 0 bridgehead atoms. The first kappa shape index (κ1) is 38.2. The van der Waals surface area contributed by atoms with E-state index >= 15 is 0 Å². The highest BCUT2D eigenvalue weighted by molar-refractivity contribution is 6.46. The van der Waals surface area contributed by atoms with E-state index in [1.54, 1.807) is 42.3 Å². The predicted octanol–water partition coefficient (Wildman–Crippen LogP) is 1.57. The molecule has 292 valence electrons. The van der Waals surface area contributed by atoms with Crippen molar-refractivity contribution in [3.05, 3.63) is 89.0 Å². The van der Waals surface area contributed by atoms with Gasteiger partial charge >= 0.3 is 0 Å². The fourth-order valence-corrected chi connectivity index (χ4v) is 7.51. The van der Waals surface area contributed by atoms with Gasteiger partial charge in [-0.15, -0.1) is 0 Å². The Kier molecular flexibility index (Phi) is 11.1. The third-order valence-corrected chi connectivity index (χ3v) is 10.9. The number of rotatable bonds is 13. The molecule has 3 aromatic rings. The number of hydrogen-bond donors (Lipinski definition) is 3. The number of hydrogen-bond acceptors (Lipinski definition) is 10. The highest BCUT2D eigenvalue weighted by atomic mass is 16.5. The summed E-state index contributed by atoms with van der Waals surface area (Å²) < 4.78 is 11.1. The lowest BCUT2D eigenvalue weighted by Crippen LogP contribution is -2.52. The lowest BCUT2D eigenvalue weighted by atomic mass is 9.95. The van der Waals surface area contributed by atoms with Crippen molar-refractivity contribution in [3.8, 4) is 11.5 Å². The number of nitrogens with zero attached hydrogens (tertiary/aromatic N) is 4. The van der Waals surface area contributed by atoms with Gasteiger partial charge in [-0.25, -0.2) is 4.99 Å². The molecule has 4 aliphatic rings. The van der Waals surface area contributed by atoms with Crippen molar-refractivity contribution in [2.24, 2.45) is 4.99 Å². The van der Waals surface area contributed by atoms with Crippen LogP contribution in [0.25, 0.3) is 0 Å². The Bertz CT molecular complexity index is 2070. The number of imide groups is 1. The lowest BCUT2D eigenvalue weighted by molar-refractivity contribution is -0.137. The van der Waals surface area contributed by atoms with Gasteiger partial charge in [-0.05, 0) is 72.9 Å². The second-order valence-corrected chi connectivity index (χ2v) is 14.4. The van der Waals surface area contributed by atoms with Gasteiger partial charge in [0.05, 0.1) is 25.6 Å². The maximum absolute atomic E-state index is 13.5. The van der Waals surface area contributed by atoms with Crippen molar-refractivity contribution >= 4 is 46.8 Å². The van der Waals surface area contributed by atoms with Crippen LogP contribution in [0.3, 0.4) is 0 Å². The number of fused-ring (bicyclic) bond motifs is 1. The van der Waals surface area contributed by atoms with E-state index in [1.807, 2.05) is 36.4 Å². The summed E-state index contributed by atoms with van der Waals surface area (Å²) in [6, 6.07) is 19.2. The zero-order chi connectivity index (χ0) is 39.4. The number of carbonyl (C=O) groups excluding carboxylic acids is 6. The van der Waals surface area contributed by atoms with Crippen LogP contribution in [0.5, 0.6) is 11.5 Å². The highest BCUT2D eigenvalue weighted by Gasteiger charge is 2.51. The minimum atomic E-state index is -0.763. The largest absolute Gasteiger partial charge is 0.497 e. The minimum absolute atomic E-state index is 0.00108. The topological polar surface area (TPSA) is 179 Å². The van der Waals surface area contributed by atoms with Crippen LogP contribution in [0.15, 0.2) is 71.7 Å². The van der Waals surface area contributed by atoms with Gasteiger partial charge in [-0.3, -0.25) is 39.0 Å². The van der Waals surface area contributed by atoms with Gasteiger partial charge in [0, 0.05) is 63.0 Å². The van der Waals surface area contributed by atoms with Gasteiger partial charge in [-0.2, -0.15) is 0 Å². The van der Waals surface area contributed by atoms with Crippen molar-refractivity contribution in [1.82, 2.24) is 25.8 Å². The van der Waals surface area contributed by atoms with Crippen LogP contribution in [0.1, 0.15) is 52.7 Å². The SMILES string of the molecule is CNC(=O)C(=NC(=O)C1(c2ccc(OC)cc2)CC1)c1cccc(OCCNC(=O)CN2CCN(c3ccc4c(c3)CN([C@H]3CCC(=O)NC3=O)C4=O)CC2)c1. The van der Waals surface area contributed by atoms with E-state index < -0.39 is 23.3 Å². The zero-order valence-electron chi connectivity index (χ0n) is 31.5. The third-order valence-electron chi connectivity index (χ3n) is 10.9. The number of benzene rings is 3. The van der Waals surface area contributed by atoms with Crippen molar-refractivity contribution < 1.29 is 38.2 Å². The molecule has 0 unspecified atom stereocenters. The summed E-state index contributed by atoms with van der Waals surface area (Å²) in [7, 11) is 3.07. The molecule has 56 heavy (non-hydrogen) atoms. The maximum atomic E-state index is 13.5. The maximum Gasteiger partial charge on any atom is 0.270 e. The number of likely N-dealkylation sites (N-methyl/N-ethyl adjacent to an activating group) is 1. The number of amides is 6. The summed E-state index contributed by atoms with van der Waals surface area (Å²) in [5.41, 5.74) is 2.92. The quantitative estimate of drug-likeness (QED) is 0.132. The molecule has 6 amide bonds. The van der Waals surface area contributed by atoms with Crippen LogP contribution >= 0.6 is 0 Å². The van der Waals surface area contributed by atoms with Gasteiger partial charge in [-0.1, -0.05) is 24.3 Å². The minimum Gasteiger partial charge on any atom is -0.497 e. The number of piperazine rings is 1. The average molecular weight is 764 g/mol. The zero-order valence-corrected chi connectivity index (χ0v) is 31.5. The Morgan fingerprint density at radius 1 is 0.946 bits per heavy atom. The predicted molar refractivity (Wildman–Crippen MR) is 206 cm³/mol. The van der Waals surface area contributed by atoms with E-state index in [0.717, 1.165) is 16.8 Å². The fraction of sp³-hybridized carbons (Fsp3) is 0.390. The molecule has 15 nitrogen and oxygen atoms in total. The van der Waals surface area contributed by atoms with E-state index in [-0.39, 0.29) is 55.5 Å². The second kappa shape index (κ2) is 16.3. The monoisotopic (exact) mass is 763 g/mol. The molecule has 3 fully saturated rings. The van der Waals surface area contributed by atoms with Crippen LogP contribution in [-0.2, 0) is 35.9 Å². The summed E-state index contributed by atoms with van der Waals surface area (Å²) in [6.45, 7) is 3.77. The Labute approximate surface area is 324 Å². The van der Waals surface area contributed by atoms with E-state index in [1.165, 1.54) is 7.05 Å². The Balaban J connectivity index is 0.867. The summed E-state index contributed by atoms with van der Waals surface area (Å²) >= 11 is 0. The molecule has 0 radical (unpaired) electrons. The molecule has 3 heterocycles.